The quantitative estimate of drug-likeness (QED) is 0.574. The number of hydrazine groups is 1. The van der Waals surface area contributed by atoms with Gasteiger partial charge >= 0.3 is 0 Å². The van der Waals surface area contributed by atoms with Gasteiger partial charge in [0.25, 0.3) is 5.91 Å². The van der Waals surface area contributed by atoms with Gasteiger partial charge in [-0.05, 0) is 18.6 Å². The summed E-state index contributed by atoms with van der Waals surface area (Å²) in [6.45, 7) is 1.61. The maximum Gasteiger partial charge on any atom is 0.276 e. The smallest absolute Gasteiger partial charge is 0.276 e. The molecule has 0 aliphatic carbocycles. The number of nitrogen functional groups attached to an aromatic ring is 1. The maximum atomic E-state index is 13.7. The summed E-state index contributed by atoms with van der Waals surface area (Å²) in [6, 6.07) is 4.74. The van der Waals surface area contributed by atoms with Crippen LogP contribution in [0.4, 0.5) is 15.9 Å². The normalized spacial score (nSPS) is 10.1. The number of halogens is 1. The van der Waals surface area contributed by atoms with Crippen LogP contribution in [0.25, 0.3) is 0 Å². The summed E-state index contributed by atoms with van der Waals surface area (Å²) in [5.41, 5.74) is 2.86. The van der Waals surface area contributed by atoms with Gasteiger partial charge in [-0.3, -0.25) is 9.78 Å². The lowest BCUT2D eigenvalue weighted by Crippen LogP contribution is -2.17. The third kappa shape index (κ3) is 2.83. The zero-order valence-electron chi connectivity index (χ0n) is 10.1. The first-order valence-electron chi connectivity index (χ1n) is 5.47. The van der Waals surface area contributed by atoms with Gasteiger partial charge in [0.2, 0.25) is 0 Å². The molecule has 0 bridgehead atoms. The lowest BCUT2D eigenvalue weighted by atomic mass is 10.2. The molecule has 2 aromatic rings. The van der Waals surface area contributed by atoms with Crippen LogP contribution in [0.1, 0.15) is 16.1 Å². The van der Waals surface area contributed by atoms with E-state index in [9.17, 15) is 9.18 Å². The molecule has 1 amide bonds. The molecule has 0 unspecified atom stereocenters. The van der Waals surface area contributed by atoms with Crippen molar-refractivity contribution in [2.75, 3.05) is 10.7 Å². The van der Waals surface area contributed by atoms with Crippen molar-refractivity contribution in [2.24, 2.45) is 5.84 Å². The molecule has 1 aromatic carbocycles. The first kappa shape index (κ1) is 12.9. The summed E-state index contributed by atoms with van der Waals surface area (Å²) in [4.78, 5) is 19.6. The average molecular weight is 261 g/mol. The second kappa shape index (κ2) is 5.40. The number of rotatable bonds is 3. The van der Waals surface area contributed by atoms with Crippen LogP contribution in [0, 0.1) is 12.7 Å². The van der Waals surface area contributed by atoms with Gasteiger partial charge in [0.15, 0.2) is 5.82 Å². The molecule has 1 aromatic heterocycles. The van der Waals surface area contributed by atoms with Crippen molar-refractivity contribution in [3.8, 4) is 0 Å². The second-order valence-corrected chi connectivity index (χ2v) is 3.82. The Kier molecular flexibility index (Phi) is 3.67. The summed E-state index contributed by atoms with van der Waals surface area (Å²) >= 11 is 0. The van der Waals surface area contributed by atoms with Gasteiger partial charge in [0, 0.05) is 0 Å². The van der Waals surface area contributed by atoms with Crippen LogP contribution < -0.4 is 16.6 Å². The molecule has 19 heavy (non-hydrogen) atoms. The number of hydrogen-bond donors (Lipinski definition) is 3. The van der Waals surface area contributed by atoms with E-state index in [1.54, 1.807) is 19.1 Å². The largest absolute Gasteiger partial charge is 0.318 e. The van der Waals surface area contributed by atoms with E-state index in [1.165, 1.54) is 18.5 Å². The Labute approximate surface area is 108 Å². The molecule has 0 radical (unpaired) electrons. The van der Waals surface area contributed by atoms with Crippen LogP contribution in [0.2, 0.25) is 0 Å². The Morgan fingerprint density at radius 2 is 2.16 bits per heavy atom. The second-order valence-electron chi connectivity index (χ2n) is 3.82. The lowest BCUT2D eigenvalue weighted by Gasteiger charge is -2.07. The van der Waals surface area contributed by atoms with E-state index in [1.807, 2.05) is 0 Å². The van der Waals surface area contributed by atoms with Gasteiger partial charge in [0.05, 0.1) is 18.1 Å². The van der Waals surface area contributed by atoms with Crippen LogP contribution in [0.3, 0.4) is 0 Å². The van der Waals surface area contributed by atoms with Crippen molar-refractivity contribution < 1.29 is 9.18 Å². The molecule has 4 N–H and O–H groups in total. The SMILES string of the molecule is Cc1cccc(NC(=O)c2cncc(NN)n2)c1F. The summed E-state index contributed by atoms with van der Waals surface area (Å²) in [6.07, 6.45) is 2.63. The first-order chi connectivity index (χ1) is 9.11. The van der Waals surface area contributed by atoms with Crippen molar-refractivity contribution in [3.05, 3.63) is 47.7 Å². The molecule has 0 aliphatic rings. The van der Waals surface area contributed by atoms with Gasteiger partial charge in [0.1, 0.15) is 11.5 Å². The summed E-state index contributed by atoms with van der Waals surface area (Å²) < 4.78 is 13.7. The van der Waals surface area contributed by atoms with Crippen LogP contribution >= 0.6 is 0 Å². The monoisotopic (exact) mass is 261 g/mol. The van der Waals surface area contributed by atoms with Crippen molar-refractivity contribution in [1.29, 1.82) is 0 Å². The minimum atomic E-state index is -0.561. The molecular formula is C12H12FN5O. The Morgan fingerprint density at radius 3 is 2.89 bits per heavy atom. The van der Waals surface area contributed by atoms with E-state index in [2.05, 4.69) is 20.7 Å². The predicted octanol–water partition coefficient (Wildman–Crippen LogP) is 1.46. The Bertz CT molecular complexity index is 617. The molecular weight excluding hydrogens is 249 g/mol. The Hall–Kier alpha value is -2.54. The number of hydrogen-bond acceptors (Lipinski definition) is 5. The number of nitrogens with two attached hydrogens (primary N) is 1. The molecule has 0 aliphatic heterocycles. The minimum absolute atomic E-state index is 0.0383. The third-order valence-electron chi connectivity index (χ3n) is 2.46. The highest BCUT2D eigenvalue weighted by molar-refractivity contribution is 6.02. The van der Waals surface area contributed by atoms with Gasteiger partial charge < -0.3 is 10.7 Å². The van der Waals surface area contributed by atoms with Crippen molar-refractivity contribution in [3.63, 3.8) is 0 Å². The van der Waals surface area contributed by atoms with Crippen LogP contribution in [-0.2, 0) is 0 Å². The van der Waals surface area contributed by atoms with Gasteiger partial charge in [-0.1, -0.05) is 12.1 Å². The number of anilines is 2. The summed E-state index contributed by atoms with van der Waals surface area (Å²) in [5.74, 6) is 4.38. The van der Waals surface area contributed by atoms with E-state index in [0.717, 1.165) is 0 Å². The zero-order valence-corrected chi connectivity index (χ0v) is 10.1. The van der Waals surface area contributed by atoms with Crippen molar-refractivity contribution in [1.82, 2.24) is 9.97 Å². The molecule has 0 spiro atoms. The molecule has 6 nitrogen and oxygen atoms in total. The number of nitrogens with zero attached hydrogens (tertiary/aromatic N) is 2. The highest BCUT2D eigenvalue weighted by Crippen LogP contribution is 2.17. The highest BCUT2D eigenvalue weighted by atomic mass is 19.1. The highest BCUT2D eigenvalue weighted by Gasteiger charge is 2.12. The third-order valence-corrected chi connectivity index (χ3v) is 2.46. The predicted molar refractivity (Wildman–Crippen MR) is 68.9 cm³/mol. The van der Waals surface area contributed by atoms with E-state index in [0.29, 0.717) is 5.56 Å². The van der Waals surface area contributed by atoms with E-state index >= 15 is 0 Å². The first-order valence-corrected chi connectivity index (χ1v) is 5.47. The molecule has 98 valence electrons. The number of carbonyl (C=O) groups excluding carboxylic acids is 1. The molecule has 0 saturated carbocycles. The molecule has 0 atom stereocenters. The fraction of sp³-hybridized carbons (Fsp3) is 0.0833. The van der Waals surface area contributed by atoms with Gasteiger partial charge in [-0.2, -0.15) is 0 Å². The van der Waals surface area contributed by atoms with E-state index < -0.39 is 11.7 Å². The van der Waals surface area contributed by atoms with Crippen molar-refractivity contribution in [2.45, 2.75) is 6.92 Å². The zero-order chi connectivity index (χ0) is 13.8. The number of amides is 1. The number of carbonyl (C=O) groups is 1. The van der Waals surface area contributed by atoms with Crippen molar-refractivity contribution >= 4 is 17.4 Å². The summed E-state index contributed by atoms with van der Waals surface area (Å²) in [5, 5.41) is 2.43. The van der Waals surface area contributed by atoms with E-state index in [-0.39, 0.29) is 17.2 Å². The number of nitrogens with one attached hydrogen (secondary N) is 2. The molecule has 0 fully saturated rings. The molecule has 2 rings (SSSR count). The number of aromatic nitrogens is 2. The standard InChI is InChI=1S/C12H12FN5O/c1-7-3-2-4-8(11(7)13)17-12(19)9-5-15-6-10(16-9)18-14/h2-6H,14H2,1H3,(H,16,18)(H,17,19). The van der Waals surface area contributed by atoms with E-state index in [4.69, 9.17) is 5.84 Å². The molecule has 0 saturated heterocycles. The maximum absolute atomic E-state index is 13.7. The van der Waals surface area contributed by atoms with Gasteiger partial charge in [-0.25, -0.2) is 15.2 Å². The summed E-state index contributed by atoms with van der Waals surface area (Å²) in [7, 11) is 0. The van der Waals surface area contributed by atoms with Crippen LogP contribution in [0.5, 0.6) is 0 Å². The number of benzene rings is 1. The average Bonchev–Trinajstić information content (AvgIpc) is 2.44. The topological polar surface area (TPSA) is 92.9 Å². The molecule has 7 heteroatoms. The molecule has 1 heterocycles. The Balaban J connectivity index is 2.23. The van der Waals surface area contributed by atoms with Gasteiger partial charge in [-0.15, -0.1) is 0 Å². The number of aryl methyl sites for hydroxylation is 1. The lowest BCUT2D eigenvalue weighted by molar-refractivity contribution is 0.102. The fourth-order valence-corrected chi connectivity index (χ4v) is 1.48. The fourth-order valence-electron chi connectivity index (χ4n) is 1.48. The Morgan fingerprint density at radius 1 is 1.37 bits per heavy atom. The minimum Gasteiger partial charge on any atom is -0.318 e. The van der Waals surface area contributed by atoms with Crippen LogP contribution in [-0.4, -0.2) is 15.9 Å². The van der Waals surface area contributed by atoms with Crippen LogP contribution in [0.15, 0.2) is 30.6 Å².